The number of primary sulfonamides is 1. The van der Waals surface area contributed by atoms with Gasteiger partial charge in [-0.15, -0.1) is 0 Å². The number of nitrogens with two attached hydrogens (primary N) is 1. The molecule has 0 radical (unpaired) electrons. The van der Waals surface area contributed by atoms with E-state index in [1.807, 2.05) is 0 Å². The molecular weight excluding hydrogens is 451 g/mol. The summed E-state index contributed by atoms with van der Waals surface area (Å²) in [5, 5.41) is 8.48. The predicted octanol–water partition coefficient (Wildman–Crippen LogP) is 3.41. The van der Waals surface area contributed by atoms with Crippen molar-refractivity contribution in [2.75, 3.05) is 0 Å². The third-order valence-corrected chi connectivity index (χ3v) is 5.13. The molecule has 0 aliphatic rings. The number of esters is 1. The van der Waals surface area contributed by atoms with Gasteiger partial charge in [-0.3, -0.25) is 0 Å². The summed E-state index contributed by atoms with van der Waals surface area (Å²) in [4.78, 5) is 15.6. The first-order valence-electron chi connectivity index (χ1n) is 7.95. The topological polar surface area (TPSA) is 125 Å². The maximum absolute atomic E-state index is 12.6. The van der Waals surface area contributed by atoms with Crippen LogP contribution in [0.25, 0.3) is 11.4 Å². The van der Waals surface area contributed by atoms with Crippen molar-refractivity contribution < 1.29 is 35.6 Å². The molecule has 8 nitrogen and oxygen atoms in total. The van der Waals surface area contributed by atoms with E-state index >= 15 is 0 Å². The van der Waals surface area contributed by atoms with E-state index in [9.17, 15) is 26.4 Å². The van der Waals surface area contributed by atoms with Gasteiger partial charge in [0.25, 0.3) is 5.89 Å². The molecule has 1 heterocycles. The Hall–Kier alpha value is -2.96. The number of sulfonamides is 1. The monoisotopic (exact) mass is 461 g/mol. The van der Waals surface area contributed by atoms with Gasteiger partial charge in [0.1, 0.15) is 4.90 Å². The first kappa shape index (κ1) is 21.7. The van der Waals surface area contributed by atoms with Gasteiger partial charge in [0, 0.05) is 5.56 Å². The van der Waals surface area contributed by atoms with Crippen molar-refractivity contribution in [1.29, 1.82) is 0 Å². The molecule has 0 spiro atoms. The summed E-state index contributed by atoms with van der Waals surface area (Å²) in [6.07, 6.45) is -4.47. The molecular formula is C17H11ClF3N3O5S. The van der Waals surface area contributed by atoms with Crippen molar-refractivity contribution in [2.24, 2.45) is 5.14 Å². The molecule has 0 aliphatic heterocycles. The molecule has 0 aliphatic carbocycles. The fourth-order valence-corrected chi connectivity index (χ4v) is 3.37. The standard InChI is InChI=1S/C17H11ClF3N3O5S/c18-12-6-3-10(7-13(12)30(22,26)27)16(25)28-8-14-23-15(24-29-14)9-1-4-11(5-2-9)17(19,20)21/h1-7H,8H2,(H2,22,26,27). The Morgan fingerprint density at radius 1 is 1.17 bits per heavy atom. The van der Waals surface area contributed by atoms with E-state index in [2.05, 4.69) is 10.1 Å². The summed E-state index contributed by atoms with van der Waals surface area (Å²) in [6.45, 7) is -0.459. The van der Waals surface area contributed by atoms with Gasteiger partial charge in [-0.25, -0.2) is 18.4 Å². The number of ether oxygens (including phenoxy) is 1. The fourth-order valence-electron chi connectivity index (χ4n) is 2.30. The molecule has 2 N–H and O–H groups in total. The van der Waals surface area contributed by atoms with E-state index in [4.69, 9.17) is 26.0 Å². The van der Waals surface area contributed by atoms with Gasteiger partial charge in [-0.2, -0.15) is 18.2 Å². The summed E-state index contributed by atoms with van der Waals surface area (Å²) in [6, 6.07) is 7.46. The average Bonchev–Trinajstić information content (AvgIpc) is 3.14. The highest BCUT2D eigenvalue weighted by molar-refractivity contribution is 7.89. The van der Waals surface area contributed by atoms with Crippen LogP contribution in [-0.4, -0.2) is 24.5 Å². The Morgan fingerprint density at radius 3 is 2.43 bits per heavy atom. The lowest BCUT2D eigenvalue weighted by atomic mass is 10.1. The Morgan fingerprint density at radius 2 is 1.83 bits per heavy atom. The Bertz CT molecular complexity index is 1190. The van der Waals surface area contributed by atoms with Gasteiger partial charge in [-0.05, 0) is 30.3 Å². The number of hydrogen-bond donors (Lipinski definition) is 1. The molecule has 0 fully saturated rings. The van der Waals surface area contributed by atoms with Crippen molar-refractivity contribution in [3.63, 3.8) is 0 Å². The third-order valence-electron chi connectivity index (χ3n) is 3.74. The molecule has 2 aromatic carbocycles. The van der Waals surface area contributed by atoms with E-state index in [1.54, 1.807) is 0 Å². The summed E-state index contributed by atoms with van der Waals surface area (Å²) in [7, 11) is -4.15. The molecule has 0 atom stereocenters. The van der Waals surface area contributed by atoms with Crippen LogP contribution in [0.5, 0.6) is 0 Å². The molecule has 3 rings (SSSR count). The first-order chi connectivity index (χ1) is 13.9. The van der Waals surface area contributed by atoms with Crippen molar-refractivity contribution in [3.8, 4) is 11.4 Å². The van der Waals surface area contributed by atoms with Gasteiger partial charge in [0.15, 0.2) is 6.61 Å². The fraction of sp³-hybridized carbons (Fsp3) is 0.118. The maximum atomic E-state index is 12.6. The number of hydrogen-bond acceptors (Lipinski definition) is 7. The second-order valence-corrected chi connectivity index (χ2v) is 7.79. The lowest BCUT2D eigenvalue weighted by Crippen LogP contribution is -2.14. The zero-order chi connectivity index (χ0) is 22.1. The summed E-state index contributed by atoms with van der Waals surface area (Å²) in [5.74, 6) is -1.04. The van der Waals surface area contributed by atoms with Crippen LogP contribution < -0.4 is 5.14 Å². The first-order valence-corrected chi connectivity index (χ1v) is 9.87. The number of benzene rings is 2. The zero-order valence-electron chi connectivity index (χ0n) is 14.7. The number of rotatable bonds is 5. The lowest BCUT2D eigenvalue weighted by molar-refractivity contribution is -0.137. The molecule has 3 aromatic rings. The third kappa shape index (κ3) is 4.96. The summed E-state index contributed by atoms with van der Waals surface area (Å²) < 4.78 is 70.6. The van der Waals surface area contributed by atoms with Gasteiger partial charge >= 0.3 is 12.1 Å². The van der Waals surface area contributed by atoms with Crippen molar-refractivity contribution in [2.45, 2.75) is 17.7 Å². The maximum Gasteiger partial charge on any atom is 0.416 e. The Kier molecular flexibility index (Phi) is 5.83. The second kappa shape index (κ2) is 8.05. The highest BCUT2D eigenvalue weighted by atomic mass is 35.5. The van der Waals surface area contributed by atoms with Crippen LogP contribution in [0.2, 0.25) is 5.02 Å². The van der Waals surface area contributed by atoms with E-state index in [-0.39, 0.29) is 27.9 Å². The normalized spacial score (nSPS) is 12.0. The lowest BCUT2D eigenvalue weighted by Gasteiger charge is -2.06. The summed E-state index contributed by atoms with van der Waals surface area (Å²) in [5.41, 5.74) is -0.698. The highest BCUT2D eigenvalue weighted by Gasteiger charge is 2.30. The molecule has 1 aromatic heterocycles. The minimum Gasteiger partial charge on any atom is -0.452 e. The minimum absolute atomic E-state index is 0.00206. The molecule has 0 bridgehead atoms. The largest absolute Gasteiger partial charge is 0.452 e. The smallest absolute Gasteiger partial charge is 0.416 e. The van der Waals surface area contributed by atoms with Crippen LogP contribution in [0.1, 0.15) is 21.8 Å². The molecule has 0 saturated carbocycles. The van der Waals surface area contributed by atoms with Crippen LogP contribution >= 0.6 is 11.6 Å². The molecule has 0 amide bonds. The van der Waals surface area contributed by atoms with Crippen molar-refractivity contribution in [3.05, 3.63) is 64.5 Å². The molecule has 30 heavy (non-hydrogen) atoms. The van der Waals surface area contributed by atoms with E-state index in [0.29, 0.717) is 0 Å². The van der Waals surface area contributed by atoms with Crippen LogP contribution in [0.3, 0.4) is 0 Å². The Labute approximate surface area is 172 Å². The Balaban J connectivity index is 1.69. The van der Waals surface area contributed by atoms with E-state index in [1.165, 1.54) is 24.3 Å². The SMILES string of the molecule is NS(=O)(=O)c1cc(C(=O)OCc2nc(-c3ccc(C(F)(F)F)cc3)no2)ccc1Cl. The zero-order valence-corrected chi connectivity index (χ0v) is 16.3. The van der Waals surface area contributed by atoms with Gasteiger partial charge in [-0.1, -0.05) is 28.9 Å². The number of alkyl halides is 3. The van der Waals surface area contributed by atoms with Gasteiger partial charge in [0.2, 0.25) is 15.8 Å². The molecule has 158 valence electrons. The molecule has 0 unspecified atom stereocenters. The van der Waals surface area contributed by atoms with Crippen LogP contribution in [0.4, 0.5) is 13.2 Å². The number of carbonyl (C=O) groups excluding carboxylic acids is 1. The van der Waals surface area contributed by atoms with Crippen molar-refractivity contribution in [1.82, 2.24) is 10.1 Å². The number of halogens is 4. The van der Waals surface area contributed by atoms with E-state index < -0.39 is 39.2 Å². The summed E-state index contributed by atoms with van der Waals surface area (Å²) >= 11 is 5.75. The molecule has 13 heteroatoms. The van der Waals surface area contributed by atoms with Crippen LogP contribution in [-0.2, 0) is 27.5 Å². The second-order valence-electron chi connectivity index (χ2n) is 5.85. The van der Waals surface area contributed by atoms with E-state index in [0.717, 1.165) is 18.2 Å². The number of aromatic nitrogens is 2. The number of carbonyl (C=O) groups is 1. The van der Waals surface area contributed by atoms with Gasteiger partial charge < -0.3 is 9.26 Å². The number of nitrogens with zero attached hydrogens (tertiary/aromatic N) is 2. The highest BCUT2D eigenvalue weighted by Crippen LogP contribution is 2.30. The average molecular weight is 462 g/mol. The van der Waals surface area contributed by atoms with Gasteiger partial charge in [0.05, 0.1) is 16.1 Å². The van der Waals surface area contributed by atoms with Crippen molar-refractivity contribution >= 4 is 27.6 Å². The molecule has 0 saturated heterocycles. The van der Waals surface area contributed by atoms with Crippen LogP contribution in [0, 0.1) is 0 Å². The minimum atomic E-state index is -4.47. The predicted molar refractivity (Wildman–Crippen MR) is 96.7 cm³/mol. The quantitative estimate of drug-likeness (QED) is 0.577. The van der Waals surface area contributed by atoms with Crippen LogP contribution in [0.15, 0.2) is 51.9 Å².